The Morgan fingerprint density at radius 2 is 2.26 bits per heavy atom. The average molecular weight is 312 g/mol. The van der Waals surface area contributed by atoms with Crippen molar-refractivity contribution in [2.45, 2.75) is 19.3 Å². The van der Waals surface area contributed by atoms with Gasteiger partial charge in [0.1, 0.15) is 5.75 Å². The third kappa shape index (κ3) is 3.13. The van der Waals surface area contributed by atoms with Crippen LogP contribution in [0.3, 0.4) is 0 Å². The molecule has 0 aliphatic carbocycles. The van der Waals surface area contributed by atoms with Gasteiger partial charge in [-0.05, 0) is 36.6 Å². The fourth-order valence-corrected chi connectivity index (χ4v) is 3.03. The van der Waals surface area contributed by atoms with E-state index < -0.39 is 6.09 Å². The number of carbonyl (C=O) groups is 1. The molecule has 1 aromatic heterocycles. The fourth-order valence-electron chi connectivity index (χ4n) is 3.03. The second-order valence-electron chi connectivity index (χ2n) is 5.91. The van der Waals surface area contributed by atoms with Crippen LogP contribution < -0.4 is 4.74 Å². The molecule has 120 valence electrons. The maximum atomic E-state index is 11.1. The number of amides is 1. The summed E-state index contributed by atoms with van der Waals surface area (Å²) in [5, 5.41) is 9.11. The Bertz CT molecular complexity index is 730. The first kappa shape index (κ1) is 15.3. The predicted octanol–water partition coefficient (Wildman–Crippen LogP) is 3.53. The van der Waals surface area contributed by atoms with Gasteiger partial charge in [-0.25, -0.2) is 4.79 Å². The summed E-state index contributed by atoms with van der Waals surface area (Å²) in [4.78, 5) is 16.7. The van der Waals surface area contributed by atoms with Crippen molar-refractivity contribution in [2.24, 2.45) is 0 Å². The minimum Gasteiger partial charge on any atom is -0.493 e. The van der Waals surface area contributed by atoms with Crippen molar-refractivity contribution in [1.29, 1.82) is 0 Å². The topological polar surface area (TPSA) is 62.7 Å². The molecule has 1 aliphatic heterocycles. The van der Waals surface area contributed by atoms with Crippen LogP contribution in [0.25, 0.3) is 11.1 Å². The lowest BCUT2D eigenvalue weighted by Crippen LogP contribution is -2.31. The van der Waals surface area contributed by atoms with Gasteiger partial charge in [-0.3, -0.25) is 4.98 Å². The second kappa shape index (κ2) is 6.28. The molecule has 2 aromatic rings. The summed E-state index contributed by atoms with van der Waals surface area (Å²) in [5.74, 6) is 1.02. The Kier molecular flexibility index (Phi) is 4.19. The number of hydrogen-bond donors (Lipinski definition) is 1. The molecule has 1 amide bonds. The summed E-state index contributed by atoms with van der Waals surface area (Å²) in [5.41, 5.74) is 4.15. The molecule has 0 fully saturated rings. The van der Waals surface area contributed by atoms with Gasteiger partial charge in [0.2, 0.25) is 0 Å². The number of pyridine rings is 1. The molecule has 3 rings (SSSR count). The van der Waals surface area contributed by atoms with Crippen LogP contribution in [0.4, 0.5) is 4.79 Å². The first-order chi connectivity index (χ1) is 11.1. The van der Waals surface area contributed by atoms with Crippen LogP contribution in [-0.4, -0.2) is 41.3 Å². The maximum absolute atomic E-state index is 11.1. The van der Waals surface area contributed by atoms with Gasteiger partial charge in [0, 0.05) is 37.0 Å². The van der Waals surface area contributed by atoms with E-state index in [-0.39, 0.29) is 5.92 Å². The molecule has 5 nitrogen and oxygen atoms in total. The molecule has 23 heavy (non-hydrogen) atoms. The van der Waals surface area contributed by atoms with Crippen molar-refractivity contribution < 1.29 is 14.6 Å². The van der Waals surface area contributed by atoms with Crippen molar-refractivity contribution in [1.82, 2.24) is 9.88 Å². The minimum atomic E-state index is -0.904. The second-order valence-corrected chi connectivity index (χ2v) is 5.91. The Hall–Kier alpha value is -2.56. The van der Waals surface area contributed by atoms with E-state index in [4.69, 9.17) is 9.84 Å². The van der Waals surface area contributed by atoms with Gasteiger partial charge in [0.15, 0.2) is 0 Å². The number of rotatable bonds is 3. The van der Waals surface area contributed by atoms with Gasteiger partial charge in [-0.15, -0.1) is 0 Å². The fraction of sp³-hybridized carbons (Fsp3) is 0.333. The molecule has 1 aliphatic rings. The lowest BCUT2D eigenvalue weighted by Gasteiger charge is -2.30. The Balaban J connectivity index is 1.99. The normalized spacial score (nSPS) is 16.3. The van der Waals surface area contributed by atoms with Crippen LogP contribution >= 0.6 is 0 Å². The average Bonchev–Trinajstić information content (AvgIpc) is 2.54. The highest BCUT2D eigenvalue weighted by Crippen LogP contribution is 2.41. The summed E-state index contributed by atoms with van der Waals surface area (Å²) in [6.45, 7) is 3.04. The smallest absolute Gasteiger partial charge is 0.407 e. The number of aryl methyl sites for hydroxylation is 1. The number of aromatic nitrogens is 1. The minimum absolute atomic E-state index is 0.155. The van der Waals surface area contributed by atoms with Gasteiger partial charge in [-0.1, -0.05) is 18.2 Å². The number of carboxylic acid groups (broad SMARTS) is 1. The van der Waals surface area contributed by atoms with E-state index in [1.165, 1.54) is 4.90 Å². The number of likely N-dealkylation sites (N-methyl/N-ethyl adjacent to an activating group) is 1. The summed E-state index contributed by atoms with van der Waals surface area (Å²) in [6, 6.07) is 10.1. The number of para-hydroxylation sites is 1. The lowest BCUT2D eigenvalue weighted by atomic mass is 9.89. The van der Waals surface area contributed by atoms with Crippen LogP contribution in [0.5, 0.6) is 5.75 Å². The molecule has 1 aromatic carbocycles. The number of ether oxygens (including phenoxy) is 1. The third-order valence-corrected chi connectivity index (χ3v) is 4.23. The molecule has 0 saturated carbocycles. The van der Waals surface area contributed by atoms with Crippen LogP contribution in [-0.2, 0) is 0 Å². The third-order valence-electron chi connectivity index (χ3n) is 4.23. The largest absolute Gasteiger partial charge is 0.493 e. The zero-order chi connectivity index (χ0) is 16.4. The van der Waals surface area contributed by atoms with Gasteiger partial charge in [0.05, 0.1) is 6.61 Å². The standard InChI is InChI=1S/C18H20N2O3/c1-12-10-13(6-8-19-12)15-4-3-5-16-14(7-9-23-17(15)16)11-20(2)18(21)22/h3-6,8,10,14H,7,9,11H2,1-2H3,(H,21,22)/t14-/m0/s1. The molecule has 1 atom stereocenters. The lowest BCUT2D eigenvalue weighted by molar-refractivity contribution is 0.149. The molecule has 5 heteroatoms. The molecule has 2 heterocycles. The van der Waals surface area contributed by atoms with Crippen molar-refractivity contribution in [3.63, 3.8) is 0 Å². The van der Waals surface area contributed by atoms with Gasteiger partial charge in [0.25, 0.3) is 0 Å². The van der Waals surface area contributed by atoms with Crippen LogP contribution in [0.15, 0.2) is 36.5 Å². The highest BCUT2D eigenvalue weighted by Gasteiger charge is 2.26. The number of hydrogen-bond acceptors (Lipinski definition) is 3. The van der Waals surface area contributed by atoms with E-state index in [0.717, 1.165) is 34.6 Å². The monoisotopic (exact) mass is 312 g/mol. The SMILES string of the molecule is Cc1cc(-c2cccc3c2OCC[C@H]3CN(C)C(=O)O)ccn1. The zero-order valence-electron chi connectivity index (χ0n) is 13.3. The van der Waals surface area contributed by atoms with Gasteiger partial charge in [-0.2, -0.15) is 0 Å². The van der Waals surface area contributed by atoms with Crippen LogP contribution in [0, 0.1) is 6.92 Å². The highest BCUT2D eigenvalue weighted by atomic mass is 16.5. The van der Waals surface area contributed by atoms with E-state index in [0.29, 0.717) is 13.2 Å². The Labute approximate surface area is 135 Å². The Morgan fingerprint density at radius 1 is 1.43 bits per heavy atom. The quantitative estimate of drug-likeness (QED) is 0.941. The van der Waals surface area contributed by atoms with Crippen molar-refractivity contribution >= 4 is 6.09 Å². The molecular formula is C18H20N2O3. The van der Waals surface area contributed by atoms with Crippen molar-refractivity contribution in [2.75, 3.05) is 20.2 Å². The highest BCUT2D eigenvalue weighted by molar-refractivity contribution is 5.73. The van der Waals surface area contributed by atoms with E-state index in [2.05, 4.69) is 4.98 Å². The molecular weight excluding hydrogens is 292 g/mol. The molecule has 0 unspecified atom stereocenters. The van der Waals surface area contributed by atoms with Crippen LogP contribution in [0.2, 0.25) is 0 Å². The number of nitrogens with zero attached hydrogens (tertiary/aromatic N) is 2. The first-order valence-electron chi connectivity index (χ1n) is 7.69. The van der Waals surface area contributed by atoms with Crippen molar-refractivity contribution in [3.05, 3.63) is 47.8 Å². The van der Waals surface area contributed by atoms with E-state index in [1.807, 2.05) is 37.3 Å². The summed E-state index contributed by atoms with van der Waals surface area (Å²) < 4.78 is 5.93. The molecule has 0 spiro atoms. The molecule has 0 radical (unpaired) electrons. The zero-order valence-corrected chi connectivity index (χ0v) is 13.3. The molecule has 0 saturated heterocycles. The number of fused-ring (bicyclic) bond motifs is 1. The van der Waals surface area contributed by atoms with E-state index in [1.54, 1.807) is 13.2 Å². The summed E-state index contributed by atoms with van der Waals surface area (Å²) >= 11 is 0. The summed E-state index contributed by atoms with van der Waals surface area (Å²) in [7, 11) is 1.60. The molecule has 1 N–H and O–H groups in total. The predicted molar refractivity (Wildman–Crippen MR) is 87.9 cm³/mol. The Morgan fingerprint density at radius 3 is 3.00 bits per heavy atom. The van der Waals surface area contributed by atoms with E-state index >= 15 is 0 Å². The molecule has 0 bridgehead atoms. The maximum Gasteiger partial charge on any atom is 0.407 e. The number of benzene rings is 1. The van der Waals surface area contributed by atoms with Crippen LogP contribution in [0.1, 0.15) is 23.6 Å². The first-order valence-corrected chi connectivity index (χ1v) is 7.69. The van der Waals surface area contributed by atoms with E-state index in [9.17, 15) is 4.79 Å². The van der Waals surface area contributed by atoms with Crippen molar-refractivity contribution in [3.8, 4) is 16.9 Å². The van der Waals surface area contributed by atoms with Gasteiger partial charge >= 0.3 is 6.09 Å². The van der Waals surface area contributed by atoms with Gasteiger partial charge < -0.3 is 14.7 Å². The summed E-state index contributed by atoms with van der Waals surface area (Å²) in [6.07, 6.45) is 1.71.